The van der Waals surface area contributed by atoms with E-state index in [1.807, 2.05) is 51.9 Å². The molecule has 7 nitrogen and oxygen atoms in total. The van der Waals surface area contributed by atoms with Crippen LogP contribution in [0.3, 0.4) is 0 Å². The van der Waals surface area contributed by atoms with Crippen molar-refractivity contribution in [2.45, 2.75) is 32.7 Å². The van der Waals surface area contributed by atoms with Crippen LogP contribution in [0.5, 0.6) is 0 Å². The second-order valence-corrected chi connectivity index (χ2v) is 6.77. The number of nitrogens with zero attached hydrogens (tertiary/aromatic N) is 4. The molecule has 0 aliphatic rings. The van der Waals surface area contributed by atoms with Crippen LogP contribution in [-0.4, -0.2) is 35.1 Å². The van der Waals surface area contributed by atoms with E-state index < -0.39 is 0 Å². The summed E-state index contributed by atoms with van der Waals surface area (Å²) in [5.41, 5.74) is 1.36. The normalized spacial score (nSPS) is 11.0. The van der Waals surface area contributed by atoms with E-state index in [9.17, 15) is 4.79 Å². The third kappa shape index (κ3) is 4.91. The predicted octanol–water partition coefficient (Wildman–Crippen LogP) is 2.56. The van der Waals surface area contributed by atoms with Crippen molar-refractivity contribution < 1.29 is 4.79 Å². The molecule has 0 saturated carbocycles. The van der Waals surface area contributed by atoms with Gasteiger partial charge in [0, 0.05) is 32.3 Å². The summed E-state index contributed by atoms with van der Waals surface area (Å²) in [5, 5.41) is 5.50. The zero-order chi connectivity index (χ0) is 17.7. The Kier molecular flexibility index (Phi) is 5.33. The Balaban J connectivity index is 1.87. The van der Waals surface area contributed by atoms with Crippen LogP contribution in [0.2, 0.25) is 0 Å². The molecule has 2 amide bonds. The molecule has 0 fully saturated rings. The standard InChI is InChI=1S/C17H24N6O/c1-17(2,3)15-19-10-13(11-20-15)22-16(24)21-9-12-6-7-14(18-8-12)23(4)5/h6-8,10-11H,9H2,1-5H3,(H2,21,22,24). The number of nitrogens with one attached hydrogen (secondary N) is 2. The van der Waals surface area contributed by atoms with Crippen molar-refractivity contribution in [2.75, 3.05) is 24.3 Å². The maximum Gasteiger partial charge on any atom is 0.319 e. The van der Waals surface area contributed by atoms with Crippen LogP contribution >= 0.6 is 0 Å². The lowest BCUT2D eigenvalue weighted by Gasteiger charge is -2.16. The van der Waals surface area contributed by atoms with Gasteiger partial charge in [0.1, 0.15) is 11.6 Å². The number of anilines is 2. The van der Waals surface area contributed by atoms with E-state index >= 15 is 0 Å². The Morgan fingerprint density at radius 1 is 1.08 bits per heavy atom. The summed E-state index contributed by atoms with van der Waals surface area (Å²) < 4.78 is 0. The molecule has 0 radical (unpaired) electrons. The molecule has 0 aromatic carbocycles. The Labute approximate surface area is 142 Å². The quantitative estimate of drug-likeness (QED) is 0.901. The Morgan fingerprint density at radius 2 is 1.75 bits per heavy atom. The van der Waals surface area contributed by atoms with E-state index in [-0.39, 0.29) is 11.4 Å². The molecule has 0 aliphatic heterocycles. The summed E-state index contributed by atoms with van der Waals surface area (Å²) in [5.74, 6) is 1.61. The molecular formula is C17H24N6O. The molecule has 0 atom stereocenters. The molecule has 0 unspecified atom stereocenters. The van der Waals surface area contributed by atoms with Gasteiger partial charge < -0.3 is 15.5 Å². The largest absolute Gasteiger partial charge is 0.363 e. The molecule has 0 saturated heterocycles. The van der Waals surface area contributed by atoms with Gasteiger partial charge in [-0.15, -0.1) is 0 Å². The van der Waals surface area contributed by atoms with Crippen molar-refractivity contribution in [3.05, 3.63) is 42.1 Å². The van der Waals surface area contributed by atoms with E-state index in [0.717, 1.165) is 17.2 Å². The maximum atomic E-state index is 11.9. The van der Waals surface area contributed by atoms with Gasteiger partial charge in [0.05, 0.1) is 18.1 Å². The summed E-state index contributed by atoms with van der Waals surface area (Å²) in [4.78, 5) is 26.7. The fraction of sp³-hybridized carbons (Fsp3) is 0.412. The molecule has 2 aromatic rings. The van der Waals surface area contributed by atoms with Crippen LogP contribution < -0.4 is 15.5 Å². The second-order valence-electron chi connectivity index (χ2n) is 6.77. The van der Waals surface area contributed by atoms with E-state index in [1.54, 1.807) is 18.6 Å². The fourth-order valence-electron chi connectivity index (χ4n) is 1.92. The summed E-state index contributed by atoms with van der Waals surface area (Å²) in [6.07, 6.45) is 4.97. The Bertz CT molecular complexity index is 674. The number of carbonyl (C=O) groups is 1. The van der Waals surface area contributed by atoms with Gasteiger partial charge in [-0.1, -0.05) is 26.8 Å². The van der Waals surface area contributed by atoms with Crippen molar-refractivity contribution in [3.63, 3.8) is 0 Å². The van der Waals surface area contributed by atoms with E-state index in [2.05, 4.69) is 25.6 Å². The number of hydrogen-bond acceptors (Lipinski definition) is 5. The van der Waals surface area contributed by atoms with Crippen LogP contribution in [0, 0.1) is 0 Å². The van der Waals surface area contributed by atoms with Gasteiger partial charge in [-0.2, -0.15) is 0 Å². The topological polar surface area (TPSA) is 83.0 Å². The van der Waals surface area contributed by atoms with Crippen molar-refractivity contribution in [1.82, 2.24) is 20.3 Å². The first-order valence-corrected chi connectivity index (χ1v) is 7.75. The lowest BCUT2D eigenvalue weighted by molar-refractivity contribution is 0.251. The first-order chi connectivity index (χ1) is 11.3. The molecule has 2 heterocycles. The Morgan fingerprint density at radius 3 is 2.25 bits per heavy atom. The monoisotopic (exact) mass is 328 g/mol. The highest BCUT2D eigenvalue weighted by Crippen LogP contribution is 2.18. The maximum absolute atomic E-state index is 11.9. The number of rotatable bonds is 4. The number of hydrogen-bond donors (Lipinski definition) is 2. The number of amides is 2. The van der Waals surface area contributed by atoms with Gasteiger partial charge in [-0.25, -0.2) is 19.7 Å². The second kappa shape index (κ2) is 7.25. The van der Waals surface area contributed by atoms with Gasteiger partial charge in [0.2, 0.25) is 0 Å². The van der Waals surface area contributed by atoms with E-state index in [0.29, 0.717) is 12.2 Å². The summed E-state index contributed by atoms with van der Waals surface area (Å²) in [6, 6.07) is 3.54. The minimum absolute atomic E-state index is 0.119. The minimum atomic E-state index is -0.307. The van der Waals surface area contributed by atoms with Crippen LogP contribution in [0.25, 0.3) is 0 Å². The highest BCUT2D eigenvalue weighted by molar-refractivity contribution is 5.88. The van der Waals surface area contributed by atoms with Crippen molar-refractivity contribution in [2.24, 2.45) is 0 Å². The number of urea groups is 1. The third-order valence-electron chi connectivity index (χ3n) is 3.30. The summed E-state index contributed by atoms with van der Waals surface area (Å²) in [7, 11) is 3.86. The molecule has 24 heavy (non-hydrogen) atoms. The van der Waals surface area contributed by atoms with Crippen LogP contribution in [0.4, 0.5) is 16.3 Å². The molecular weight excluding hydrogens is 304 g/mol. The molecule has 0 bridgehead atoms. The molecule has 128 valence electrons. The molecule has 2 rings (SSSR count). The lowest BCUT2D eigenvalue weighted by atomic mass is 9.96. The van der Waals surface area contributed by atoms with Gasteiger partial charge in [-0.05, 0) is 11.6 Å². The van der Waals surface area contributed by atoms with Crippen LogP contribution in [0.1, 0.15) is 32.2 Å². The third-order valence-corrected chi connectivity index (χ3v) is 3.30. The van der Waals surface area contributed by atoms with Gasteiger partial charge >= 0.3 is 6.03 Å². The van der Waals surface area contributed by atoms with E-state index in [4.69, 9.17) is 0 Å². The van der Waals surface area contributed by atoms with Crippen molar-refractivity contribution >= 4 is 17.5 Å². The Hall–Kier alpha value is -2.70. The average molecular weight is 328 g/mol. The first kappa shape index (κ1) is 17.7. The zero-order valence-electron chi connectivity index (χ0n) is 14.8. The van der Waals surface area contributed by atoms with Crippen LogP contribution in [0.15, 0.2) is 30.7 Å². The SMILES string of the molecule is CN(C)c1ccc(CNC(=O)Nc2cnc(C(C)(C)C)nc2)cn1. The number of pyridine rings is 1. The smallest absolute Gasteiger partial charge is 0.319 e. The zero-order valence-corrected chi connectivity index (χ0v) is 14.8. The highest BCUT2D eigenvalue weighted by atomic mass is 16.2. The average Bonchev–Trinajstić information content (AvgIpc) is 2.53. The molecule has 7 heteroatoms. The first-order valence-electron chi connectivity index (χ1n) is 7.75. The van der Waals surface area contributed by atoms with Crippen LogP contribution in [-0.2, 0) is 12.0 Å². The molecule has 2 aromatic heterocycles. The predicted molar refractivity (Wildman–Crippen MR) is 95.2 cm³/mol. The lowest BCUT2D eigenvalue weighted by Crippen LogP contribution is -2.28. The molecule has 2 N–H and O–H groups in total. The van der Waals surface area contributed by atoms with Gasteiger partial charge in [-0.3, -0.25) is 0 Å². The molecule has 0 spiro atoms. The number of carbonyl (C=O) groups excluding carboxylic acids is 1. The molecule has 0 aliphatic carbocycles. The summed E-state index contributed by atoms with van der Waals surface area (Å²) in [6.45, 7) is 6.51. The highest BCUT2D eigenvalue weighted by Gasteiger charge is 2.16. The van der Waals surface area contributed by atoms with Crippen molar-refractivity contribution in [3.8, 4) is 0 Å². The summed E-state index contributed by atoms with van der Waals surface area (Å²) >= 11 is 0. The van der Waals surface area contributed by atoms with Gasteiger partial charge in [0.25, 0.3) is 0 Å². The van der Waals surface area contributed by atoms with E-state index in [1.165, 1.54) is 0 Å². The fourth-order valence-corrected chi connectivity index (χ4v) is 1.92. The minimum Gasteiger partial charge on any atom is -0.363 e. The number of aromatic nitrogens is 3. The van der Waals surface area contributed by atoms with Gasteiger partial charge in [0.15, 0.2) is 0 Å². The van der Waals surface area contributed by atoms with Crippen molar-refractivity contribution in [1.29, 1.82) is 0 Å².